The summed E-state index contributed by atoms with van der Waals surface area (Å²) in [6, 6.07) is 4.32. The van der Waals surface area contributed by atoms with Gasteiger partial charge in [-0.05, 0) is 23.8 Å². The van der Waals surface area contributed by atoms with Gasteiger partial charge >= 0.3 is 6.18 Å². The molecule has 29 heavy (non-hydrogen) atoms. The van der Waals surface area contributed by atoms with Crippen molar-refractivity contribution in [2.75, 3.05) is 0 Å². The second-order valence-corrected chi connectivity index (χ2v) is 6.34. The van der Waals surface area contributed by atoms with Crippen molar-refractivity contribution in [2.45, 2.75) is 12.7 Å². The smallest absolute Gasteiger partial charge is 0.416 e. The van der Waals surface area contributed by atoms with E-state index in [1.807, 2.05) is 0 Å². The summed E-state index contributed by atoms with van der Waals surface area (Å²) in [5.74, 6) is -0.697. The summed E-state index contributed by atoms with van der Waals surface area (Å²) < 4.78 is 39.4. The molecule has 0 spiro atoms. The van der Waals surface area contributed by atoms with Gasteiger partial charge in [-0.3, -0.25) is 14.6 Å². The summed E-state index contributed by atoms with van der Waals surface area (Å²) in [7, 11) is 0. The molecule has 0 unspecified atom stereocenters. The number of aliphatic hydroxyl groups excluding tert-OH is 1. The number of hydrogen-bond acceptors (Lipinski definition) is 5. The van der Waals surface area contributed by atoms with Crippen LogP contribution in [0, 0.1) is 6.54 Å². The second-order valence-electron chi connectivity index (χ2n) is 6.34. The van der Waals surface area contributed by atoms with Crippen LogP contribution in [0.25, 0.3) is 5.57 Å². The first-order valence-corrected chi connectivity index (χ1v) is 8.54. The molecule has 0 bridgehead atoms. The van der Waals surface area contributed by atoms with Gasteiger partial charge in [-0.1, -0.05) is 24.3 Å². The van der Waals surface area contributed by atoms with E-state index in [9.17, 15) is 23.1 Å². The highest BCUT2D eigenvalue weighted by molar-refractivity contribution is 6.21. The maximum atomic E-state index is 13.2. The maximum Gasteiger partial charge on any atom is 0.416 e. The molecule has 4 rings (SSSR count). The van der Waals surface area contributed by atoms with Crippen LogP contribution in [0.5, 0.6) is 0 Å². The minimum Gasteiger partial charge on any atom is -0.494 e. The summed E-state index contributed by atoms with van der Waals surface area (Å²) >= 11 is 0. The van der Waals surface area contributed by atoms with Crippen molar-refractivity contribution in [1.82, 2.24) is 19.8 Å². The fraction of sp³-hybridized carbons (Fsp3) is 0.100. The van der Waals surface area contributed by atoms with Gasteiger partial charge in [0, 0.05) is 18.0 Å². The quantitative estimate of drug-likeness (QED) is 0.854. The zero-order valence-corrected chi connectivity index (χ0v) is 14.8. The first-order valence-electron chi connectivity index (χ1n) is 8.54. The number of carbonyl (C=O) groups is 1. The molecule has 1 N–H and O–H groups in total. The fourth-order valence-electron chi connectivity index (χ4n) is 3.14. The summed E-state index contributed by atoms with van der Waals surface area (Å²) in [6.07, 6.45) is 4.81. The van der Waals surface area contributed by atoms with Crippen LogP contribution in [0.2, 0.25) is 0 Å². The molecule has 9 heteroatoms. The van der Waals surface area contributed by atoms with Crippen molar-refractivity contribution in [3.63, 3.8) is 0 Å². The van der Waals surface area contributed by atoms with E-state index in [1.54, 1.807) is 18.2 Å². The molecule has 2 aromatic rings. The maximum absolute atomic E-state index is 13.2. The Morgan fingerprint density at radius 2 is 1.86 bits per heavy atom. The summed E-state index contributed by atoms with van der Waals surface area (Å²) in [4.78, 5) is 23.8. The third-order valence-corrected chi connectivity index (χ3v) is 4.46. The lowest BCUT2D eigenvalue weighted by atomic mass is 9.99. The first-order chi connectivity index (χ1) is 13.9. The van der Waals surface area contributed by atoms with Crippen molar-refractivity contribution in [2.24, 2.45) is 0 Å². The number of fused-ring (bicyclic) bond motifs is 1. The number of allylic oxidation sites excluding steroid dienone is 2. The van der Waals surface area contributed by atoms with Crippen molar-refractivity contribution < 1.29 is 23.1 Å². The average Bonchev–Trinajstić information content (AvgIpc) is 2.72. The van der Waals surface area contributed by atoms with Crippen LogP contribution in [0.15, 0.2) is 72.9 Å². The van der Waals surface area contributed by atoms with E-state index >= 15 is 0 Å². The highest BCUT2D eigenvalue weighted by Crippen LogP contribution is 2.37. The molecule has 147 valence electrons. The fourth-order valence-corrected chi connectivity index (χ4v) is 3.14. The van der Waals surface area contributed by atoms with Crippen LogP contribution in [-0.2, 0) is 17.5 Å². The van der Waals surface area contributed by atoms with E-state index in [1.165, 1.54) is 47.2 Å². The third kappa shape index (κ3) is 3.46. The Kier molecular flexibility index (Phi) is 4.57. The Hall–Kier alpha value is -3.62. The minimum atomic E-state index is -4.57. The van der Waals surface area contributed by atoms with Gasteiger partial charge in [-0.15, -0.1) is 0 Å². The molecule has 2 aliphatic heterocycles. The summed E-state index contributed by atoms with van der Waals surface area (Å²) in [5.41, 5.74) is -0.536. The van der Waals surface area contributed by atoms with E-state index < -0.39 is 23.5 Å². The van der Waals surface area contributed by atoms with Crippen molar-refractivity contribution >= 4 is 11.5 Å². The highest BCUT2D eigenvalue weighted by atomic mass is 19.4. The monoisotopic (exact) mass is 399 g/mol. The third-order valence-electron chi connectivity index (χ3n) is 4.46. The number of halogens is 3. The number of rotatable bonds is 3. The number of amides is 1. The van der Waals surface area contributed by atoms with Crippen LogP contribution in [-0.4, -0.2) is 30.8 Å². The van der Waals surface area contributed by atoms with Crippen LogP contribution < -0.4 is 0 Å². The highest BCUT2D eigenvalue weighted by Gasteiger charge is 2.38. The van der Waals surface area contributed by atoms with E-state index in [-0.39, 0.29) is 17.7 Å². The van der Waals surface area contributed by atoms with E-state index in [2.05, 4.69) is 9.97 Å². The topological polar surface area (TPSA) is 69.6 Å². The molecule has 0 aliphatic carbocycles. The number of nitrogens with zero attached hydrogens (tertiary/aromatic N) is 4. The number of carbonyl (C=O) groups excluding carboxylic acids is 1. The zero-order chi connectivity index (χ0) is 20.6. The zero-order valence-electron chi connectivity index (χ0n) is 14.8. The van der Waals surface area contributed by atoms with Gasteiger partial charge in [-0.2, -0.15) is 13.2 Å². The Morgan fingerprint density at radius 3 is 2.59 bits per heavy atom. The van der Waals surface area contributed by atoms with E-state index in [0.29, 0.717) is 11.4 Å². The van der Waals surface area contributed by atoms with Crippen molar-refractivity contribution in [3.8, 4) is 0 Å². The van der Waals surface area contributed by atoms with Crippen LogP contribution in [0.1, 0.15) is 16.7 Å². The second kappa shape index (κ2) is 7.08. The predicted octanol–water partition coefficient (Wildman–Crippen LogP) is 3.64. The molecule has 3 heterocycles. The molecular formula is C20H14F3N4O2. The number of aliphatic hydroxyl groups is 1. The van der Waals surface area contributed by atoms with Crippen LogP contribution in [0.3, 0.4) is 0 Å². The Labute approximate surface area is 163 Å². The number of benzene rings is 1. The Bertz CT molecular complexity index is 1050. The Balaban J connectivity index is 1.81. The molecule has 2 aliphatic rings. The van der Waals surface area contributed by atoms with Gasteiger partial charge in [0.15, 0.2) is 0 Å². The molecular weight excluding hydrogens is 385 g/mol. The molecule has 1 radical (unpaired) electrons. The largest absolute Gasteiger partial charge is 0.494 e. The summed E-state index contributed by atoms with van der Waals surface area (Å²) in [5, 5.41) is 10.7. The normalized spacial score (nSPS) is 16.8. The van der Waals surface area contributed by atoms with Gasteiger partial charge < -0.3 is 5.11 Å². The van der Waals surface area contributed by atoms with Crippen LogP contribution in [0.4, 0.5) is 13.2 Å². The number of hydrogen-bond donors (Lipinski definition) is 1. The van der Waals surface area contributed by atoms with Crippen molar-refractivity contribution in [1.29, 1.82) is 0 Å². The molecule has 0 saturated carbocycles. The van der Waals surface area contributed by atoms with Gasteiger partial charge in [0.25, 0.3) is 5.91 Å². The molecule has 0 fully saturated rings. The lowest BCUT2D eigenvalue weighted by Crippen LogP contribution is -2.44. The molecule has 0 saturated heterocycles. The van der Waals surface area contributed by atoms with Crippen LogP contribution >= 0.6 is 0 Å². The molecule has 1 amide bonds. The van der Waals surface area contributed by atoms with Gasteiger partial charge in [0.2, 0.25) is 5.88 Å². The SMILES string of the molecule is O=C1C(c2cccc(C(F)(F)F)c2)=C(O)N2[CH]C=CC=C2N1Cc1cncnc1. The minimum absolute atomic E-state index is 0.0290. The van der Waals surface area contributed by atoms with Gasteiger partial charge in [0.05, 0.1) is 18.7 Å². The molecule has 6 nitrogen and oxygen atoms in total. The molecule has 1 aromatic heterocycles. The lowest BCUT2D eigenvalue weighted by Gasteiger charge is -2.39. The number of alkyl halides is 3. The standard InChI is InChI=1S/C20H14F3N4O2/c21-20(22,23)15-5-3-4-14(8-15)17-18(28)26-7-2-1-6-16(26)27(19(17)29)11-13-9-24-12-25-10-13/h1-10,12,28H,11H2. The molecule has 1 aromatic carbocycles. The molecule has 0 atom stereocenters. The lowest BCUT2D eigenvalue weighted by molar-refractivity contribution is -0.137. The predicted molar refractivity (Wildman–Crippen MR) is 96.9 cm³/mol. The first kappa shape index (κ1) is 18.7. The van der Waals surface area contributed by atoms with Gasteiger partial charge in [0.1, 0.15) is 17.7 Å². The Morgan fingerprint density at radius 1 is 1.10 bits per heavy atom. The number of aromatic nitrogens is 2. The van der Waals surface area contributed by atoms with Gasteiger partial charge in [-0.25, -0.2) is 9.97 Å². The van der Waals surface area contributed by atoms with Crippen molar-refractivity contribution in [3.05, 3.63) is 96.2 Å². The van der Waals surface area contributed by atoms with E-state index in [4.69, 9.17) is 0 Å². The average molecular weight is 399 g/mol. The summed E-state index contributed by atoms with van der Waals surface area (Å²) in [6.45, 7) is 1.61. The van der Waals surface area contributed by atoms with E-state index in [0.717, 1.165) is 12.1 Å².